The quantitative estimate of drug-likeness (QED) is 0.317. The molecule has 4 aromatic rings. The first kappa shape index (κ1) is 18.9. The fourth-order valence-corrected chi connectivity index (χ4v) is 3.27. The van der Waals surface area contributed by atoms with Crippen molar-refractivity contribution in [3.05, 3.63) is 79.1 Å². The van der Waals surface area contributed by atoms with Crippen molar-refractivity contribution in [3.63, 3.8) is 0 Å². The van der Waals surface area contributed by atoms with Gasteiger partial charge in [0.25, 0.3) is 0 Å². The maximum atomic E-state index is 5.86. The SMILES string of the molecule is COc1ccccc1OCCNCC=COc1cccc2c1[nH]c1ccccc12. The zero-order valence-electron chi connectivity index (χ0n) is 16.4. The van der Waals surface area contributed by atoms with Gasteiger partial charge in [-0.1, -0.05) is 42.5 Å². The summed E-state index contributed by atoms with van der Waals surface area (Å²) in [5.74, 6) is 2.31. The topological polar surface area (TPSA) is 55.5 Å². The molecular weight excluding hydrogens is 364 g/mol. The van der Waals surface area contributed by atoms with E-state index in [-0.39, 0.29) is 0 Å². The molecule has 0 amide bonds. The molecule has 148 valence electrons. The average molecular weight is 388 g/mol. The lowest BCUT2D eigenvalue weighted by Crippen LogP contribution is -2.21. The second-order valence-corrected chi connectivity index (χ2v) is 6.54. The third-order valence-corrected chi connectivity index (χ3v) is 4.66. The monoisotopic (exact) mass is 388 g/mol. The molecule has 0 saturated heterocycles. The summed E-state index contributed by atoms with van der Waals surface area (Å²) < 4.78 is 16.9. The average Bonchev–Trinajstić information content (AvgIpc) is 3.15. The molecule has 0 radical (unpaired) electrons. The molecule has 2 N–H and O–H groups in total. The summed E-state index contributed by atoms with van der Waals surface area (Å²) in [6.45, 7) is 1.97. The van der Waals surface area contributed by atoms with Crippen molar-refractivity contribution in [3.8, 4) is 17.2 Å². The van der Waals surface area contributed by atoms with Gasteiger partial charge in [-0.25, -0.2) is 0 Å². The van der Waals surface area contributed by atoms with Crippen LogP contribution in [0.25, 0.3) is 21.8 Å². The van der Waals surface area contributed by atoms with Gasteiger partial charge in [-0.05, 0) is 30.3 Å². The van der Waals surface area contributed by atoms with Gasteiger partial charge in [0.1, 0.15) is 6.61 Å². The standard InChI is InChI=1S/C24H24N2O3/c1-27-21-11-4-5-12-22(21)29-17-15-25-14-7-16-28-23-13-6-9-19-18-8-2-3-10-20(18)26-24(19)23/h2-13,16,25-26H,14-15,17H2,1H3. The van der Waals surface area contributed by atoms with Crippen LogP contribution >= 0.6 is 0 Å². The maximum absolute atomic E-state index is 5.86. The van der Waals surface area contributed by atoms with E-state index in [0.29, 0.717) is 13.2 Å². The predicted molar refractivity (Wildman–Crippen MR) is 117 cm³/mol. The number of ether oxygens (including phenoxy) is 3. The number of para-hydroxylation sites is 4. The normalized spacial score (nSPS) is 11.3. The van der Waals surface area contributed by atoms with Crippen molar-refractivity contribution < 1.29 is 14.2 Å². The van der Waals surface area contributed by atoms with Crippen LogP contribution in [0.5, 0.6) is 17.2 Å². The Hall–Kier alpha value is -3.44. The van der Waals surface area contributed by atoms with E-state index in [4.69, 9.17) is 14.2 Å². The highest BCUT2D eigenvalue weighted by molar-refractivity contribution is 6.09. The fraction of sp³-hybridized carbons (Fsp3) is 0.167. The van der Waals surface area contributed by atoms with Gasteiger partial charge in [-0.3, -0.25) is 0 Å². The third kappa shape index (κ3) is 4.36. The van der Waals surface area contributed by atoms with Crippen LogP contribution in [0.1, 0.15) is 0 Å². The van der Waals surface area contributed by atoms with E-state index < -0.39 is 0 Å². The Bertz CT molecular complexity index is 1120. The number of fused-ring (bicyclic) bond motifs is 3. The van der Waals surface area contributed by atoms with E-state index in [1.807, 2.05) is 54.6 Å². The van der Waals surface area contributed by atoms with Gasteiger partial charge < -0.3 is 24.5 Å². The minimum absolute atomic E-state index is 0.559. The number of aromatic nitrogens is 1. The van der Waals surface area contributed by atoms with Gasteiger partial charge in [0.05, 0.1) is 18.9 Å². The third-order valence-electron chi connectivity index (χ3n) is 4.66. The lowest BCUT2D eigenvalue weighted by molar-refractivity contribution is 0.294. The van der Waals surface area contributed by atoms with Gasteiger partial charge in [0, 0.05) is 29.4 Å². The van der Waals surface area contributed by atoms with Gasteiger partial charge in [-0.15, -0.1) is 0 Å². The summed E-state index contributed by atoms with van der Waals surface area (Å²) in [4.78, 5) is 3.44. The van der Waals surface area contributed by atoms with Crippen molar-refractivity contribution in [1.82, 2.24) is 10.3 Å². The summed E-state index contributed by atoms with van der Waals surface area (Å²) in [5, 5.41) is 5.66. The van der Waals surface area contributed by atoms with Crippen molar-refractivity contribution in [2.24, 2.45) is 0 Å². The Morgan fingerprint density at radius 2 is 1.62 bits per heavy atom. The van der Waals surface area contributed by atoms with Gasteiger partial charge in [-0.2, -0.15) is 0 Å². The van der Waals surface area contributed by atoms with E-state index in [9.17, 15) is 0 Å². The highest BCUT2D eigenvalue weighted by Gasteiger charge is 2.07. The van der Waals surface area contributed by atoms with E-state index >= 15 is 0 Å². The molecule has 1 heterocycles. The zero-order valence-corrected chi connectivity index (χ0v) is 16.4. The molecule has 5 nitrogen and oxygen atoms in total. The number of hydrogen-bond acceptors (Lipinski definition) is 4. The zero-order chi connectivity index (χ0) is 19.9. The first-order valence-electron chi connectivity index (χ1n) is 9.64. The number of rotatable bonds is 9. The molecule has 5 heteroatoms. The highest BCUT2D eigenvalue weighted by atomic mass is 16.5. The molecule has 0 atom stereocenters. The number of methoxy groups -OCH3 is 1. The van der Waals surface area contributed by atoms with Crippen molar-refractivity contribution >= 4 is 21.8 Å². The van der Waals surface area contributed by atoms with Crippen LogP contribution in [0.2, 0.25) is 0 Å². The van der Waals surface area contributed by atoms with Crippen LogP contribution in [0.3, 0.4) is 0 Å². The van der Waals surface area contributed by atoms with E-state index in [1.165, 1.54) is 5.39 Å². The van der Waals surface area contributed by atoms with Gasteiger partial charge >= 0.3 is 0 Å². The second-order valence-electron chi connectivity index (χ2n) is 6.54. The molecule has 29 heavy (non-hydrogen) atoms. The smallest absolute Gasteiger partial charge is 0.161 e. The van der Waals surface area contributed by atoms with Crippen LogP contribution in [0.4, 0.5) is 0 Å². The molecule has 0 aliphatic heterocycles. The van der Waals surface area contributed by atoms with E-state index in [2.05, 4.69) is 28.5 Å². The van der Waals surface area contributed by atoms with Crippen molar-refractivity contribution in [2.45, 2.75) is 0 Å². The van der Waals surface area contributed by atoms with Gasteiger partial charge in [0.15, 0.2) is 17.2 Å². The van der Waals surface area contributed by atoms with Crippen LogP contribution in [0, 0.1) is 0 Å². The van der Waals surface area contributed by atoms with Crippen molar-refractivity contribution in [2.75, 3.05) is 26.8 Å². The number of benzene rings is 3. The summed E-state index contributed by atoms with van der Waals surface area (Å²) in [6, 6.07) is 22.0. The molecule has 0 saturated carbocycles. The molecule has 0 unspecified atom stereocenters. The molecule has 0 fully saturated rings. The molecule has 0 spiro atoms. The number of H-pyrrole nitrogens is 1. The largest absolute Gasteiger partial charge is 0.493 e. The fourth-order valence-electron chi connectivity index (χ4n) is 3.27. The first-order chi connectivity index (χ1) is 14.4. The number of aromatic amines is 1. The highest BCUT2D eigenvalue weighted by Crippen LogP contribution is 2.31. The molecule has 0 aliphatic rings. The summed E-state index contributed by atoms with van der Waals surface area (Å²) in [6.07, 6.45) is 3.67. The Labute approximate surface area is 169 Å². The molecular formula is C24H24N2O3. The lowest BCUT2D eigenvalue weighted by atomic mass is 10.1. The van der Waals surface area contributed by atoms with Gasteiger partial charge in [0.2, 0.25) is 0 Å². The molecule has 3 aromatic carbocycles. The Morgan fingerprint density at radius 3 is 2.52 bits per heavy atom. The first-order valence-corrected chi connectivity index (χ1v) is 9.64. The molecule has 0 bridgehead atoms. The van der Waals surface area contributed by atoms with Crippen LogP contribution in [0.15, 0.2) is 79.1 Å². The Kier molecular flexibility index (Phi) is 5.98. The lowest BCUT2D eigenvalue weighted by Gasteiger charge is -2.10. The van der Waals surface area contributed by atoms with Crippen LogP contribution in [-0.2, 0) is 0 Å². The summed E-state index contributed by atoms with van der Waals surface area (Å²) >= 11 is 0. The summed E-state index contributed by atoms with van der Waals surface area (Å²) in [7, 11) is 1.64. The maximum Gasteiger partial charge on any atom is 0.161 e. The Balaban J connectivity index is 1.26. The summed E-state index contributed by atoms with van der Waals surface area (Å²) in [5.41, 5.74) is 2.12. The molecule has 1 aromatic heterocycles. The minimum atomic E-state index is 0.559. The predicted octanol–water partition coefficient (Wildman–Crippen LogP) is 4.89. The Morgan fingerprint density at radius 1 is 0.862 bits per heavy atom. The van der Waals surface area contributed by atoms with Crippen LogP contribution in [-0.4, -0.2) is 31.8 Å². The molecule has 0 aliphatic carbocycles. The van der Waals surface area contributed by atoms with Crippen molar-refractivity contribution in [1.29, 1.82) is 0 Å². The van der Waals surface area contributed by atoms with Crippen LogP contribution < -0.4 is 19.5 Å². The minimum Gasteiger partial charge on any atom is -0.493 e. The number of hydrogen-bond donors (Lipinski definition) is 2. The molecule has 4 rings (SSSR count). The van der Waals surface area contributed by atoms with E-state index in [0.717, 1.165) is 40.2 Å². The van der Waals surface area contributed by atoms with E-state index in [1.54, 1.807) is 13.4 Å². The second kappa shape index (κ2) is 9.17. The number of nitrogens with one attached hydrogen (secondary N) is 2.